The Kier molecular flexibility index (Phi) is 4.93. The Hall–Kier alpha value is -2.50. The Morgan fingerprint density at radius 2 is 2.00 bits per heavy atom. The van der Waals surface area contributed by atoms with E-state index in [9.17, 15) is 9.59 Å². The molecule has 6 nitrogen and oxygen atoms in total. The molecule has 0 aromatic heterocycles. The van der Waals surface area contributed by atoms with Crippen LogP contribution in [0.4, 0.5) is 4.79 Å². The maximum Gasteiger partial charge on any atom is 0.325 e. The molecule has 1 aliphatic heterocycles. The minimum atomic E-state index is -0.858. The second kappa shape index (κ2) is 6.73. The molecule has 1 aliphatic rings. The Balaban J connectivity index is 1.99. The van der Waals surface area contributed by atoms with Gasteiger partial charge in [0.25, 0.3) is 5.91 Å². The molecule has 0 spiro atoms. The summed E-state index contributed by atoms with van der Waals surface area (Å²) < 4.78 is 11.0. The zero-order valence-electron chi connectivity index (χ0n) is 13.9. The maximum absolute atomic E-state index is 12.1. The SMILES string of the molecule is C/C=C/c1ccc(OCCN2C(=O)NC(C)(C)C2=O)c(OC)c1. The quantitative estimate of drug-likeness (QED) is 0.818. The van der Waals surface area contributed by atoms with Gasteiger partial charge in [0.05, 0.1) is 13.7 Å². The van der Waals surface area contributed by atoms with Crippen molar-refractivity contribution in [1.29, 1.82) is 0 Å². The van der Waals surface area contributed by atoms with Crippen molar-refractivity contribution in [3.8, 4) is 11.5 Å². The van der Waals surface area contributed by atoms with E-state index in [2.05, 4.69) is 5.32 Å². The number of hydrogen-bond donors (Lipinski definition) is 1. The van der Waals surface area contributed by atoms with Crippen LogP contribution in [0.15, 0.2) is 24.3 Å². The van der Waals surface area contributed by atoms with E-state index in [1.165, 1.54) is 4.90 Å². The maximum atomic E-state index is 12.1. The smallest absolute Gasteiger partial charge is 0.325 e. The van der Waals surface area contributed by atoms with Crippen molar-refractivity contribution in [3.63, 3.8) is 0 Å². The van der Waals surface area contributed by atoms with Gasteiger partial charge < -0.3 is 14.8 Å². The van der Waals surface area contributed by atoms with Crippen LogP contribution < -0.4 is 14.8 Å². The Morgan fingerprint density at radius 3 is 2.57 bits per heavy atom. The molecule has 0 radical (unpaired) electrons. The lowest BCUT2D eigenvalue weighted by Crippen LogP contribution is -2.40. The zero-order valence-corrected chi connectivity index (χ0v) is 13.9. The summed E-state index contributed by atoms with van der Waals surface area (Å²) in [4.78, 5) is 25.0. The topological polar surface area (TPSA) is 67.9 Å². The van der Waals surface area contributed by atoms with E-state index < -0.39 is 5.54 Å². The second-order valence-electron chi connectivity index (χ2n) is 5.77. The third kappa shape index (κ3) is 3.64. The van der Waals surface area contributed by atoms with E-state index in [0.29, 0.717) is 11.5 Å². The van der Waals surface area contributed by atoms with Crippen molar-refractivity contribution in [2.75, 3.05) is 20.3 Å². The molecular formula is C17H22N2O4. The minimum absolute atomic E-state index is 0.188. The highest BCUT2D eigenvalue weighted by Crippen LogP contribution is 2.28. The van der Waals surface area contributed by atoms with Crippen molar-refractivity contribution in [2.45, 2.75) is 26.3 Å². The predicted molar refractivity (Wildman–Crippen MR) is 87.5 cm³/mol. The molecule has 3 amide bonds. The molecule has 2 rings (SSSR count). The second-order valence-corrected chi connectivity index (χ2v) is 5.77. The third-order valence-corrected chi connectivity index (χ3v) is 3.56. The summed E-state index contributed by atoms with van der Waals surface area (Å²) in [6.07, 6.45) is 3.90. The molecule has 1 fully saturated rings. The summed E-state index contributed by atoms with van der Waals surface area (Å²) in [5.74, 6) is 0.937. The van der Waals surface area contributed by atoms with Crippen LogP contribution in [0, 0.1) is 0 Å². The first kappa shape index (κ1) is 16.9. The van der Waals surface area contributed by atoms with Crippen molar-refractivity contribution in [1.82, 2.24) is 10.2 Å². The molecule has 124 valence electrons. The predicted octanol–water partition coefficient (Wildman–Crippen LogP) is 2.44. The number of carbonyl (C=O) groups is 2. The first-order valence-corrected chi connectivity index (χ1v) is 7.46. The average molecular weight is 318 g/mol. The third-order valence-electron chi connectivity index (χ3n) is 3.56. The molecule has 0 unspecified atom stereocenters. The number of ether oxygens (including phenoxy) is 2. The van der Waals surface area contributed by atoms with Crippen molar-refractivity contribution < 1.29 is 19.1 Å². The van der Waals surface area contributed by atoms with E-state index >= 15 is 0 Å². The minimum Gasteiger partial charge on any atom is -0.493 e. The average Bonchev–Trinajstić information content (AvgIpc) is 2.70. The summed E-state index contributed by atoms with van der Waals surface area (Å²) in [5.41, 5.74) is 0.149. The van der Waals surface area contributed by atoms with Crippen LogP contribution in [0.5, 0.6) is 11.5 Å². The molecule has 0 aliphatic carbocycles. The molecular weight excluding hydrogens is 296 g/mol. The number of benzene rings is 1. The van der Waals surface area contributed by atoms with Crippen LogP contribution >= 0.6 is 0 Å². The van der Waals surface area contributed by atoms with Gasteiger partial charge in [0, 0.05) is 0 Å². The van der Waals surface area contributed by atoms with Gasteiger partial charge in [-0.3, -0.25) is 9.69 Å². The highest BCUT2D eigenvalue weighted by atomic mass is 16.5. The van der Waals surface area contributed by atoms with Gasteiger partial charge in [-0.2, -0.15) is 0 Å². The number of amides is 3. The fourth-order valence-electron chi connectivity index (χ4n) is 2.37. The fourth-order valence-corrected chi connectivity index (χ4v) is 2.37. The zero-order chi connectivity index (χ0) is 17.0. The summed E-state index contributed by atoms with van der Waals surface area (Å²) in [7, 11) is 1.57. The van der Waals surface area contributed by atoms with Gasteiger partial charge in [0.2, 0.25) is 0 Å². The number of methoxy groups -OCH3 is 1. The molecule has 1 saturated heterocycles. The van der Waals surface area contributed by atoms with E-state index in [1.54, 1.807) is 21.0 Å². The standard InChI is InChI=1S/C17H22N2O4/c1-5-6-12-7-8-13(14(11-12)22-4)23-10-9-19-15(20)17(2,3)18-16(19)21/h5-8,11H,9-10H2,1-4H3,(H,18,21)/b6-5+. The number of allylic oxidation sites excluding steroid dienone is 1. The Bertz CT molecular complexity index is 637. The Labute approximate surface area is 136 Å². The highest BCUT2D eigenvalue weighted by Gasteiger charge is 2.43. The number of carbonyl (C=O) groups excluding carboxylic acids is 2. The van der Waals surface area contributed by atoms with Crippen LogP contribution in [0.1, 0.15) is 26.3 Å². The summed E-state index contributed by atoms with van der Waals surface area (Å²) in [6, 6.07) is 5.20. The van der Waals surface area contributed by atoms with E-state index in [1.807, 2.05) is 37.3 Å². The molecule has 23 heavy (non-hydrogen) atoms. The van der Waals surface area contributed by atoms with Gasteiger partial charge in [-0.05, 0) is 38.5 Å². The first-order valence-electron chi connectivity index (χ1n) is 7.46. The van der Waals surface area contributed by atoms with Gasteiger partial charge in [-0.15, -0.1) is 0 Å². The van der Waals surface area contributed by atoms with Crippen LogP contribution in [-0.2, 0) is 4.79 Å². The summed E-state index contributed by atoms with van der Waals surface area (Å²) >= 11 is 0. The van der Waals surface area contributed by atoms with Gasteiger partial charge in [0.15, 0.2) is 11.5 Å². The molecule has 1 N–H and O–H groups in total. The number of nitrogens with zero attached hydrogens (tertiary/aromatic N) is 1. The Morgan fingerprint density at radius 1 is 1.26 bits per heavy atom. The number of hydrogen-bond acceptors (Lipinski definition) is 4. The van der Waals surface area contributed by atoms with Crippen LogP contribution in [-0.4, -0.2) is 42.6 Å². The fraction of sp³-hybridized carbons (Fsp3) is 0.412. The number of imide groups is 1. The van der Waals surface area contributed by atoms with Crippen LogP contribution in [0.3, 0.4) is 0 Å². The summed E-state index contributed by atoms with van der Waals surface area (Å²) in [6.45, 7) is 5.69. The molecule has 1 aromatic carbocycles. The normalized spacial score (nSPS) is 16.8. The lowest BCUT2D eigenvalue weighted by molar-refractivity contribution is -0.130. The highest BCUT2D eigenvalue weighted by molar-refractivity contribution is 6.06. The largest absolute Gasteiger partial charge is 0.493 e. The monoisotopic (exact) mass is 318 g/mol. The van der Waals surface area contributed by atoms with Crippen molar-refractivity contribution in [3.05, 3.63) is 29.8 Å². The lowest BCUT2D eigenvalue weighted by atomic mass is 10.1. The van der Waals surface area contributed by atoms with Crippen LogP contribution in [0.2, 0.25) is 0 Å². The van der Waals surface area contributed by atoms with E-state index in [4.69, 9.17) is 9.47 Å². The lowest BCUT2D eigenvalue weighted by Gasteiger charge is -2.17. The number of urea groups is 1. The van der Waals surface area contributed by atoms with Crippen LogP contribution in [0.25, 0.3) is 6.08 Å². The van der Waals surface area contributed by atoms with Gasteiger partial charge >= 0.3 is 6.03 Å². The number of rotatable bonds is 6. The van der Waals surface area contributed by atoms with Gasteiger partial charge in [0.1, 0.15) is 12.1 Å². The molecule has 6 heteroatoms. The number of nitrogens with one attached hydrogen (secondary N) is 1. The first-order chi connectivity index (χ1) is 10.9. The molecule has 0 atom stereocenters. The van der Waals surface area contributed by atoms with Gasteiger partial charge in [-0.1, -0.05) is 18.2 Å². The van der Waals surface area contributed by atoms with Crippen molar-refractivity contribution >= 4 is 18.0 Å². The molecule has 1 heterocycles. The van der Waals surface area contributed by atoms with Gasteiger partial charge in [-0.25, -0.2) is 4.79 Å². The molecule has 1 aromatic rings. The van der Waals surface area contributed by atoms with Crippen molar-refractivity contribution in [2.24, 2.45) is 0 Å². The molecule has 0 saturated carbocycles. The van der Waals surface area contributed by atoms with E-state index in [-0.39, 0.29) is 25.1 Å². The van der Waals surface area contributed by atoms with E-state index in [0.717, 1.165) is 5.56 Å². The summed E-state index contributed by atoms with van der Waals surface area (Å²) in [5, 5.41) is 2.64. The molecule has 0 bridgehead atoms.